The van der Waals surface area contributed by atoms with Crippen LogP contribution in [0.2, 0.25) is 5.02 Å². The number of methoxy groups -OCH3 is 1. The number of fused-ring (bicyclic) bond motifs is 1. The SMILES string of the molecule is COc1ccc(NC(=O)C2CCN(C(=O)[C@@H]3Sc4ccccc4NC3=O)CC2)cc1Cl. The molecule has 2 heterocycles. The van der Waals surface area contributed by atoms with Crippen molar-refractivity contribution in [2.24, 2.45) is 5.92 Å². The number of benzene rings is 2. The molecule has 0 unspecified atom stereocenters. The molecule has 0 bridgehead atoms. The second-order valence-electron chi connectivity index (χ2n) is 7.42. The summed E-state index contributed by atoms with van der Waals surface area (Å²) in [6.45, 7) is 0.874. The van der Waals surface area contributed by atoms with Crippen LogP contribution in [0.15, 0.2) is 47.4 Å². The van der Waals surface area contributed by atoms with E-state index in [1.165, 1.54) is 18.9 Å². The van der Waals surface area contributed by atoms with Crippen molar-refractivity contribution in [3.63, 3.8) is 0 Å². The highest BCUT2D eigenvalue weighted by atomic mass is 35.5. The Bertz CT molecular complexity index is 1020. The Morgan fingerprint density at radius 2 is 1.94 bits per heavy atom. The number of nitrogens with one attached hydrogen (secondary N) is 2. The Morgan fingerprint density at radius 1 is 1.19 bits per heavy atom. The zero-order chi connectivity index (χ0) is 22.0. The normalized spacial score (nSPS) is 18.7. The van der Waals surface area contributed by atoms with E-state index in [1.807, 2.05) is 24.3 Å². The molecule has 0 radical (unpaired) electrons. The number of thioether (sulfide) groups is 1. The van der Waals surface area contributed by atoms with Crippen LogP contribution in [0.5, 0.6) is 5.75 Å². The number of carbonyl (C=O) groups excluding carboxylic acids is 3. The first-order valence-corrected chi connectivity index (χ1v) is 11.2. The van der Waals surface area contributed by atoms with Crippen molar-refractivity contribution in [3.8, 4) is 5.75 Å². The van der Waals surface area contributed by atoms with E-state index in [2.05, 4.69) is 10.6 Å². The van der Waals surface area contributed by atoms with Gasteiger partial charge in [-0.25, -0.2) is 0 Å². The molecule has 1 atom stereocenters. The second kappa shape index (κ2) is 9.20. The van der Waals surface area contributed by atoms with Gasteiger partial charge in [0.15, 0.2) is 5.25 Å². The van der Waals surface area contributed by atoms with Gasteiger partial charge in [0.2, 0.25) is 17.7 Å². The standard InChI is InChI=1S/C22H22ClN3O4S/c1-30-17-7-6-14(12-15(17)23)24-20(27)13-8-10-26(11-9-13)22(29)19-21(28)25-16-4-2-3-5-18(16)31-19/h2-7,12-13,19H,8-11H2,1H3,(H,24,27)(H,25,28)/t19-/m1/s1. The van der Waals surface area contributed by atoms with E-state index in [1.54, 1.807) is 23.1 Å². The summed E-state index contributed by atoms with van der Waals surface area (Å²) in [5.41, 5.74) is 1.33. The van der Waals surface area contributed by atoms with Crippen molar-refractivity contribution in [2.75, 3.05) is 30.8 Å². The van der Waals surface area contributed by atoms with Crippen LogP contribution >= 0.6 is 23.4 Å². The van der Waals surface area contributed by atoms with Gasteiger partial charge in [-0.2, -0.15) is 0 Å². The lowest BCUT2D eigenvalue weighted by Crippen LogP contribution is -2.48. The van der Waals surface area contributed by atoms with Crippen LogP contribution in [0.25, 0.3) is 0 Å². The lowest BCUT2D eigenvalue weighted by Gasteiger charge is -2.34. The van der Waals surface area contributed by atoms with Crippen molar-refractivity contribution in [3.05, 3.63) is 47.5 Å². The van der Waals surface area contributed by atoms with Gasteiger partial charge in [-0.05, 0) is 43.2 Å². The fourth-order valence-electron chi connectivity index (χ4n) is 3.73. The summed E-state index contributed by atoms with van der Waals surface area (Å²) < 4.78 is 5.12. The van der Waals surface area contributed by atoms with Crippen molar-refractivity contribution in [2.45, 2.75) is 23.0 Å². The number of anilines is 2. The molecule has 2 aromatic rings. The van der Waals surface area contributed by atoms with E-state index >= 15 is 0 Å². The molecule has 2 aromatic carbocycles. The molecular weight excluding hydrogens is 438 g/mol. The number of halogens is 1. The van der Waals surface area contributed by atoms with Crippen LogP contribution in [-0.2, 0) is 14.4 Å². The van der Waals surface area contributed by atoms with Crippen LogP contribution in [-0.4, -0.2) is 48.1 Å². The van der Waals surface area contributed by atoms with Crippen LogP contribution in [0.4, 0.5) is 11.4 Å². The third-order valence-electron chi connectivity index (χ3n) is 5.45. The highest BCUT2D eigenvalue weighted by molar-refractivity contribution is 8.01. The number of ether oxygens (including phenoxy) is 1. The average Bonchev–Trinajstić information content (AvgIpc) is 2.78. The third-order valence-corrected chi connectivity index (χ3v) is 7.01. The van der Waals surface area contributed by atoms with Gasteiger partial charge in [0.05, 0.1) is 17.8 Å². The first-order valence-electron chi connectivity index (χ1n) is 9.96. The largest absolute Gasteiger partial charge is 0.495 e. The van der Waals surface area contributed by atoms with Gasteiger partial charge in [0.25, 0.3) is 0 Å². The van der Waals surface area contributed by atoms with Crippen LogP contribution in [0.3, 0.4) is 0 Å². The first-order chi connectivity index (χ1) is 15.0. The fourth-order valence-corrected chi connectivity index (χ4v) is 5.06. The van der Waals surface area contributed by atoms with E-state index in [-0.39, 0.29) is 23.6 Å². The van der Waals surface area contributed by atoms with Crippen molar-refractivity contribution < 1.29 is 19.1 Å². The highest BCUT2D eigenvalue weighted by Gasteiger charge is 2.37. The number of para-hydroxylation sites is 1. The topological polar surface area (TPSA) is 87.7 Å². The monoisotopic (exact) mass is 459 g/mol. The number of nitrogens with zero attached hydrogens (tertiary/aromatic N) is 1. The van der Waals surface area contributed by atoms with E-state index in [0.717, 1.165) is 10.6 Å². The number of hydrogen-bond donors (Lipinski definition) is 2. The summed E-state index contributed by atoms with van der Waals surface area (Å²) in [6.07, 6.45) is 1.08. The molecular formula is C22H22ClN3O4S. The Balaban J connectivity index is 1.33. The molecule has 2 aliphatic rings. The van der Waals surface area contributed by atoms with Gasteiger partial charge in [0.1, 0.15) is 5.75 Å². The van der Waals surface area contributed by atoms with E-state index in [4.69, 9.17) is 16.3 Å². The molecule has 3 amide bonds. The fraction of sp³-hybridized carbons (Fsp3) is 0.318. The van der Waals surface area contributed by atoms with Gasteiger partial charge in [-0.3, -0.25) is 14.4 Å². The maximum Gasteiger partial charge on any atom is 0.247 e. The minimum absolute atomic E-state index is 0.105. The lowest BCUT2D eigenvalue weighted by molar-refractivity contribution is -0.136. The Kier molecular flexibility index (Phi) is 6.38. The molecule has 1 fully saturated rings. The van der Waals surface area contributed by atoms with Crippen molar-refractivity contribution in [1.29, 1.82) is 0 Å². The van der Waals surface area contributed by atoms with Crippen LogP contribution in [0, 0.1) is 5.92 Å². The molecule has 0 aromatic heterocycles. The Labute approximate surface area is 189 Å². The molecule has 2 aliphatic heterocycles. The minimum Gasteiger partial charge on any atom is -0.495 e. The summed E-state index contributed by atoms with van der Waals surface area (Å²) in [5, 5.41) is 5.30. The summed E-state index contributed by atoms with van der Waals surface area (Å²) in [5.74, 6) is -0.285. The quantitative estimate of drug-likeness (QED) is 0.681. The van der Waals surface area contributed by atoms with E-state index in [0.29, 0.717) is 42.4 Å². The number of likely N-dealkylation sites (tertiary alicyclic amines) is 1. The van der Waals surface area contributed by atoms with Crippen LogP contribution in [0.1, 0.15) is 12.8 Å². The second-order valence-corrected chi connectivity index (χ2v) is 8.98. The summed E-state index contributed by atoms with van der Waals surface area (Å²) in [7, 11) is 1.53. The zero-order valence-electron chi connectivity index (χ0n) is 16.9. The minimum atomic E-state index is -0.804. The molecule has 0 aliphatic carbocycles. The maximum absolute atomic E-state index is 13.0. The van der Waals surface area contributed by atoms with Gasteiger partial charge in [-0.15, -0.1) is 11.8 Å². The van der Waals surface area contributed by atoms with Crippen molar-refractivity contribution in [1.82, 2.24) is 4.90 Å². The maximum atomic E-state index is 13.0. The number of piperidine rings is 1. The lowest BCUT2D eigenvalue weighted by atomic mass is 9.95. The number of carbonyl (C=O) groups is 3. The Morgan fingerprint density at radius 3 is 2.65 bits per heavy atom. The first kappa shape index (κ1) is 21.5. The zero-order valence-corrected chi connectivity index (χ0v) is 18.5. The van der Waals surface area contributed by atoms with E-state index in [9.17, 15) is 14.4 Å². The van der Waals surface area contributed by atoms with Crippen LogP contribution < -0.4 is 15.4 Å². The predicted molar refractivity (Wildman–Crippen MR) is 121 cm³/mol. The molecule has 0 spiro atoms. The number of amides is 3. The molecule has 1 saturated heterocycles. The molecule has 9 heteroatoms. The Hall–Kier alpha value is -2.71. The smallest absolute Gasteiger partial charge is 0.247 e. The van der Waals surface area contributed by atoms with Crippen molar-refractivity contribution >= 4 is 52.5 Å². The molecule has 162 valence electrons. The number of rotatable bonds is 4. The molecule has 7 nitrogen and oxygen atoms in total. The predicted octanol–water partition coefficient (Wildman–Crippen LogP) is 3.64. The highest BCUT2D eigenvalue weighted by Crippen LogP contribution is 2.36. The van der Waals surface area contributed by atoms with Gasteiger partial charge < -0.3 is 20.3 Å². The number of hydrogen-bond acceptors (Lipinski definition) is 5. The van der Waals surface area contributed by atoms with Gasteiger partial charge >= 0.3 is 0 Å². The van der Waals surface area contributed by atoms with Gasteiger partial charge in [0, 0.05) is 29.6 Å². The van der Waals surface area contributed by atoms with E-state index < -0.39 is 5.25 Å². The molecule has 4 rings (SSSR count). The molecule has 2 N–H and O–H groups in total. The average molecular weight is 460 g/mol. The van der Waals surface area contributed by atoms with Gasteiger partial charge in [-0.1, -0.05) is 23.7 Å². The molecule has 0 saturated carbocycles. The summed E-state index contributed by atoms with van der Waals surface area (Å²) in [4.78, 5) is 40.6. The summed E-state index contributed by atoms with van der Waals surface area (Å²) in [6, 6.07) is 12.5. The third kappa shape index (κ3) is 4.65. The summed E-state index contributed by atoms with van der Waals surface area (Å²) >= 11 is 7.39. The molecule has 31 heavy (non-hydrogen) atoms.